The van der Waals surface area contributed by atoms with Gasteiger partial charge < -0.3 is 10.6 Å². The van der Waals surface area contributed by atoms with E-state index in [1.807, 2.05) is 61.6 Å². The molecule has 4 unspecified atom stereocenters. The van der Waals surface area contributed by atoms with E-state index in [4.69, 9.17) is 0 Å². The topological polar surface area (TPSA) is 58.2 Å². The van der Waals surface area contributed by atoms with Gasteiger partial charge in [-0.05, 0) is 12.5 Å². The summed E-state index contributed by atoms with van der Waals surface area (Å²) < 4.78 is 12.6. The molecular weight excluding hydrogens is 296 g/mol. The number of hydrogen-bond acceptors (Lipinski definition) is 3. The summed E-state index contributed by atoms with van der Waals surface area (Å²) in [5.41, 5.74) is 1.02. The van der Waals surface area contributed by atoms with Gasteiger partial charge in [-0.1, -0.05) is 54.6 Å². The maximum absolute atomic E-state index is 12.6. The van der Waals surface area contributed by atoms with Gasteiger partial charge in [-0.15, -0.1) is 0 Å². The Morgan fingerprint density at radius 2 is 1.95 bits per heavy atom. The highest BCUT2D eigenvalue weighted by Gasteiger charge is 2.33. The van der Waals surface area contributed by atoms with Gasteiger partial charge in [-0.3, -0.25) is 9.00 Å². The largest absolute Gasteiger partial charge is 0.382 e. The highest BCUT2D eigenvalue weighted by atomic mass is 32.2. The van der Waals surface area contributed by atoms with Crippen molar-refractivity contribution in [3.8, 4) is 0 Å². The average Bonchev–Trinajstić information content (AvgIpc) is 2.56. The fourth-order valence-electron chi connectivity index (χ4n) is 2.57. The van der Waals surface area contributed by atoms with Crippen molar-refractivity contribution >= 4 is 16.7 Å². The van der Waals surface area contributed by atoms with E-state index >= 15 is 0 Å². The number of carbonyl (C=O) groups excluding carboxylic acids is 1. The van der Waals surface area contributed by atoms with Crippen molar-refractivity contribution in [1.82, 2.24) is 10.6 Å². The third-order valence-electron chi connectivity index (χ3n) is 3.83. The number of hydrogen-bond donors (Lipinski definition) is 2. The van der Waals surface area contributed by atoms with E-state index in [1.54, 1.807) is 6.20 Å². The predicted molar refractivity (Wildman–Crippen MR) is 88.2 cm³/mol. The maximum Gasteiger partial charge on any atom is 0.262 e. The summed E-state index contributed by atoms with van der Waals surface area (Å²) in [5, 5.41) is 5.86. The lowest BCUT2D eigenvalue weighted by Gasteiger charge is -2.29. The molecular formula is C17H18N2O2S. The normalized spacial score (nSPS) is 27.3. The Labute approximate surface area is 132 Å². The molecule has 1 aliphatic heterocycles. The van der Waals surface area contributed by atoms with Gasteiger partial charge in [-0.2, -0.15) is 0 Å². The molecule has 114 valence electrons. The zero-order valence-corrected chi connectivity index (χ0v) is 13.0. The van der Waals surface area contributed by atoms with Crippen LogP contribution in [0.4, 0.5) is 0 Å². The molecule has 0 radical (unpaired) electrons. The molecule has 1 aliphatic carbocycles. The summed E-state index contributed by atoms with van der Waals surface area (Å²) in [6, 6.07) is 9.58. The number of carbonyl (C=O) groups is 1. The molecule has 1 aromatic carbocycles. The van der Waals surface area contributed by atoms with Crippen LogP contribution >= 0.6 is 0 Å². The van der Waals surface area contributed by atoms with Gasteiger partial charge in [0.1, 0.15) is 4.91 Å². The molecule has 1 heterocycles. The van der Waals surface area contributed by atoms with Gasteiger partial charge in [0, 0.05) is 6.20 Å². The zero-order chi connectivity index (χ0) is 15.5. The van der Waals surface area contributed by atoms with E-state index < -0.39 is 10.8 Å². The number of nitrogens with one attached hydrogen (secondary N) is 2. The molecule has 0 bridgehead atoms. The van der Waals surface area contributed by atoms with Gasteiger partial charge in [0.15, 0.2) is 0 Å². The smallest absolute Gasteiger partial charge is 0.262 e. The molecule has 0 aromatic heterocycles. The standard InChI is InChI=1S/C17H18N2O2S/c1-12(13-7-3-2-4-8-13)19-17(20)16-11-18-14-9-5-6-10-15(14)22(16)21/h2-12,14-15,18H,1H3,(H,19,20). The van der Waals surface area contributed by atoms with Crippen molar-refractivity contribution in [3.05, 3.63) is 71.3 Å². The Morgan fingerprint density at radius 1 is 1.23 bits per heavy atom. The SMILES string of the molecule is CC(NC(=O)C1=CNC2C=CC=CC2S1=O)c1ccccc1. The van der Waals surface area contributed by atoms with Gasteiger partial charge in [0.2, 0.25) is 0 Å². The summed E-state index contributed by atoms with van der Waals surface area (Å²) in [5.74, 6) is -0.288. The van der Waals surface area contributed by atoms with Crippen LogP contribution < -0.4 is 10.6 Å². The molecule has 4 nitrogen and oxygen atoms in total. The zero-order valence-electron chi connectivity index (χ0n) is 12.2. The molecule has 1 amide bonds. The van der Waals surface area contributed by atoms with Crippen LogP contribution in [-0.4, -0.2) is 21.4 Å². The first-order valence-corrected chi connectivity index (χ1v) is 8.46. The molecule has 5 heteroatoms. The van der Waals surface area contributed by atoms with Crippen molar-refractivity contribution in [1.29, 1.82) is 0 Å². The fraction of sp³-hybridized carbons (Fsp3) is 0.235. The summed E-state index contributed by atoms with van der Waals surface area (Å²) in [4.78, 5) is 12.7. The molecule has 0 fully saturated rings. The third-order valence-corrected chi connectivity index (χ3v) is 5.51. The van der Waals surface area contributed by atoms with Gasteiger partial charge in [-0.25, -0.2) is 0 Å². The van der Waals surface area contributed by atoms with Crippen LogP contribution in [0.3, 0.4) is 0 Å². The average molecular weight is 314 g/mol. The molecule has 2 N–H and O–H groups in total. The van der Waals surface area contributed by atoms with Crippen LogP contribution in [0.15, 0.2) is 65.7 Å². The minimum atomic E-state index is -1.35. The maximum atomic E-state index is 12.6. The summed E-state index contributed by atoms with van der Waals surface area (Å²) in [7, 11) is -1.35. The van der Waals surface area contributed by atoms with E-state index in [0.717, 1.165) is 5.56 Å². The highest BCUT2D eigenvalue weighted by molar-refractivity contribution is 7.91. The first-order valence-electron chi connectivity index (χ1n) is 7.24. The van der Waals surface area contributed by atoms with Crippen molar-refractivity contribution in [2.75, 3.05) is 0 Å². The summed E-state index contributed by atoms with van der Waals surface area (Å²) in [6.45, 7) is 1.92. The number of rotatable bonds is 3. The minimum Gasteiger partial charge on any atom is -0.382 e. The summed E-state index contributed by atoms with van der Waals surface area (Å²) >= 11 is 0. The van der Waals surface area contributed by atoms with E-state index in [0.29, 0.717) is 4.91 Å². The monoisotopic (exact) mass is 314 g/mol. The number of fused-ring (bicyclic) bond motifs is 1. The number of amides is 1. The van der Waals surface area contributed by atoms with Crippen LogP contribution in [0.2, 0.25) is 0 Å². The van der Waals surface area contributed by atoms with Crippen LogP contribution in [0.5, 0.6) is 0 Å². The van der Waals surface area contributed by atoms with E-state index in [9.17, 15) is 9.00 Å². The minimum absolute atomic E-state index is 0.00562. The molecule has 3 rings (SSSR count). The molecule has 0 saturated heterocycles. The Balaban J connectivity index is 1.73. The second kappa shape index (κ2) is 6.32. The van der Waals surface area contributed by atoms with Crippen LogP contribution in [0, 0.1) is 0 Å². The molecule has 22 heavy (non-hydrogen) atoms. The Bertz CT molecular complexity index is 679. The Hall–Kier alpha value is -2.14. The van der Waals surface area contributed by atoms with Crippen LogP contribution in [0.25, 0.3) is 0 Å². The first-order chi connectivity index (χ1) is 10.7. The number of allylic oxidation sites excluding steroid dienone is 2. The van der Waals surface area contributed by atoms with Crippen molar-refractivity contribution in [2.24, 2.45) is 0 Å². The van der Waals surface area contributed by atoms with Crippen LogP contribution in [0.1, 0.15) is 18.5 Å². The van der Waals surface area contributed by atoms with Gasteiger partial charge in [0.05, 0.1) is 28.1 Å². The van der Waals surface area contributed by atoms with Gasteiger partial charge >= 0.3 is 0 Å². The Kier molecular flexibility index (Phi) is 4.24. The first kappa shape index (κ1) is 14.8. The second-order valence-electron chi connectivity index (χ2n) is 5.34. The summed E-state index contributed by atoms with van der Waals surface area (Å²) in [6.07, 6.45) is 9.21. The van der Waals surface area contributed by atoms with Crippen molar-refractivity contribution < 1.29 is 9.00 Å². The molecule has 0 spiro atoms. The Morgan fingerprint density at radius 3 is 2.73 bits per heavy atom. The molecule has 1 aromatic rings. The molecule has 0 saturated carbocycles. The van der Waals surface area contributed by atoms with Crippen molar-refractivity contribution in [3.63, 3.8) is 0 Å². The molecule has 2 aliphatic rings. The highest BCUT2D eigenvalue weighted by Crippen LogP contribution is 2.22. The van der Waals surface area contributed by atoms with Crippen molar-refractivity contribution in [2.45, 2.75) is 24.3 Å². The lowest BCUT2D eigenvalue weighted by atomic mass is 10.1. The second-order valence-corrected chi connectivity index (χ2v) is 6.92. The quantitative estimate of drug-likeness (QED) is 0.896. The fourth-order valence-corrected chi connectivity index (χ4v) is 3.96. The van der Waals surface area contributed by atoms with Crippen LogP contribution in [-0.2, 0) is 15.6 Å². The van der Waals surface area contributed by atoms with E-state index in [1.165, 1.54) is 0 Å². The predicted octanol–water partition coefficient (Wildman–Crippen LogP) is 1.92. The van der Waals surface area contributed by atoms with E-state index in [2.05, 4.69) is 10.6 Å². The lowest BCUT2D eigenvalue weighted by molar-refractivity contribution is -0.117. The van der Waals surface area contributed by atoms with Gasteiger partial charge in [0.25, 0.3) is 5.91 Å². The lowest BCUT2D eigenvalue weighted by Crippen LogP contribution is -2.45. The van der Waals surface area contributed by atoms with E-state index in [-0.39, 0.29) is 23.2 Å². The molecule has 4 atom stereocenters. The number of benzene rings is 1. The third kappa shape index (κ3) is 2.90.